The molecule has 0 radical (unpaired) electrons. The van der Waals surface area contributed by atoms with Crippen LogP contribution in [0.3, 0.4) is 0 Å². The van der Waals surface area contributed by atoms with Gasteiger partial charge in [0.05, 0.1) is 0 Å². The van der Waals surface area contributed by atoms with Crippen LogP contribution >= 0.6 is 0 Å². The summed E-state index contributed by atoms with van der Waals surface area (Å²) in [7, 11) is 0. The van der Waals surface area contributed by atoms with Gasteiger partial charge in [0.1, 0.15) is 35.2 Å². The van der Waals surface area contributed by atoms with Crippen molar-refractivity contribution in [2.75, 3.05) is 5.32 Å². The topological polar surface area (TPSA) is 66.9 Å². The normalized spacial score (nSPS) is 10.3. The molecule has 25 heavy (non-hydrogen) atoms. The maximum Gasteiger partial charge on any atom is 0.270 e. The van der Waals surface area contributed by atoms with E-state index in [9.17, 15) is 13.6 Å². The standard InChI is InChI=1S/C18H14F2N4O/c19-13-7-4-8-14(20)17(13)24-16-9-15(22-11-23-16)18(25)21-10-12-5-2-1-3-6-12/h1-9,11H,10H2,(H,21,25)(H,22,23,24). The molecule has 0 unspecified atom stereocenters. The quantitative estimate of drug-likeness (QED) is 0.747. The highest BCUT2D eigenvalue weighted by molar-refractivity contribution is 5.92. The number of anilines is 2. The van der Waals surface area contributed by atoms with Crippen molar-refractivity contribution in [2.24, 2.45) is 0 Å². The highest BCUT2D eigenvalue weighted by Gasteiger charge is 2.12. The van der Waals surface area contributed by atoms with Crippen molar-refractivity contribution in [3.05, 3.63) is 83.8 Å². The first-order chi connectivity index (χ1) is 12.1. The van der Waals surface area contributed by atoms with Crippen molar-refractivity contribution in [3.63, 3.8) is 0 Å². The number of nitrogens with zero attached hydrogens (tertiary/aromatic N) is 2. The molecule has 1 amide bonds. The Hall–Kier alpha value is -3.35. The summed E-state index contributed by atoms with van der Waals surface area (Å²) in [6.07, 6.45) is 1.15. The van der Waals surface area contributed by atoms with E-state index in [1.54, 1.807) is 0 Å². The number of hydrogen-bond acceptors (Lipinski definition) is 4. The highest BCUT2D eigenvalue weighted by atomic mass is 19.1. The summed E-state index contributed by atoms with van der Waals surface area (Å²) in [5.74, 6) is -1.81. The van der Waals surface area contributed by atoms with E-state index in [0.29, 0.717) is 6.54 Å². The van der Waals surface area contributed by atoms with Gasteiger partial charge < -0.3 is 10.6 Å². The zero-order chi connectivity index (χ0) is 17.6. The van der Waals surface area contributed by atoms with E-state index in [0.717, 1.165) is 24.0 Å². The second kappa shape index (κ2) is 7.48. The Balaban J connectivity index is 1.72. The van der Waals surface area contributed by atoms with Crippen LogP contribution < -0.4 is 10.6 Å². The molecule has 0 bridgehead atoms. The van der Waals surface area contributed by atoms with E-state index in [2.05, 4.69) is 20.6 Å². The lowest BCUT2D eigenvalue weighted by atomic mass is 10.2. The van der Waals surface area contributed by atoms with Gasteiger partial charge in [0.2, 0.25) is 0 Å². The highest BCUT2D eigenvalue weighted by Crippen LogP contribution is 2.21. The Bertz CT molecular complexity index is 867. The van der Waals surface area contributed by atoms with Crippen LogP contribution in [0.2, 0.25) is 0 Å². The second-order valence-corrected chi connectivity index (χ2v) is 5.18. The predicted molar refractivity (Wildman–Crippen MR) is 89.3 cm³/mol. The lowest BCUT2D eigenvalue weighted by Crippen LogP contribution is -2.24. The van der Waals surface area contributed by atoms with Crippen molar-refractivity contribution < 1.29 is 13.6 Å². The van der Waals surface area contributed by atoms with Gasteiger partial charge in [0.25, 0.3) is 5.91 Å². The van der Waals surface area contributed by atoms with Crippen LogP contribution in [0.5, 0.6) is 0 Å². The maximum absolute atomic E-state index is 13.7. The molecule has 0 spiro atoms. The molecule has 5 nitrogen and oxygen atoms in total. The summed E-state index contributed by atoms with van der Waals surface area (Å²) in [6, 6.07) is 14.2. The second-order valence-electron chi connectivity index (χ2n) is 5.18. The van der Waals surface area contributed by atoms with Gasteiger partial charge in [-0.05, 0) is 17.7 Å². The molecule has 0 fully saturated rings. The number of nitrogens with one attached hydrogen (secondary N) is 2. The Morgan fingerprint density at radius 1 is 0.960 bits per heavy atom. The number of carbonyl (C=O) groups is 1. The summed E-state index contributed by atoms with van der Waals surface area (Å²) in [6.45, 7) is 0.342. The summed E-state index contributed by atoms with van der Waals surface area (Å²) < 4.78 is 27.4. The van der Waals surface area contributed by atoms with Gasteiger partial charge >= 0.3 is 0 Å². The molecule has 3 rings (SSSR count). The minimum absolute atomic E-state index is 0.0881. The van der Waals surface area contributed by atoms with Crippen molar-refractivity contribution in [3.8, 4) is 0 Å². The number of hydrogen-bond donors (Lipinski definition) is 2. The average Bonchev–Trinajstić information content (AvgIpc) is 2.64. The summed E-state index contributed by atoms with van der Waals surface area (Å²) in [5.41, 5.74) is 0.693. The fourth-order valence-corrected chi connectivity index (χ4v) is 2.16. The number of aromatic nitrogens is 2. The smallest absolute Gasteiger partial charge is 0.270 e. The molecule has 1 aromatic heterocycles. The number of rotatable bonds is 5. The molecule has 1 heterocycles. The van der Waals surface area contributed by atoms with E-state index in [4.69, 9.17) is 0 Å². The third-order valence-corrected chi connectivity index (χ3v) is 3.41. The zero-order valence-electron chi connectivity index (χ0n) is 13.0. The van der Waals surface area contributed by atoms with Gasteiger partial charge in [-0.25, -0.2) is 18.7 Å². The molecule has 0 atom stereocenters. The number of carbonyl (C=O) groups excluding carboxylic acids is 1. The fraction of sp³-hybridized carbons (Fsp3) is 0.0556. The van der Waals surface area contributed by atoms with E-state index < -0.39 is 17.5 Å². The van der Waals surface area contributed by atoms with E-state index in [1.165, 1.54) is 12.1 Å². The number of para-hydroxylation sites is 1. The molecule has 3 aromatic rings. The van der Waals surface area contributed by atoms with Gasteiger partial charge in [0.15, 0.2) is 0 Å². The van der Waals surface area contributed by atoms with Crippen LogP contribution in [-0.4, -0.2) is 15.9 Å². The monoisotopic (exact) mass is 340 g/mol. The molecule has 7 heteroatoms. The lowest BCUT2D eigenvalue weighted by molar-refractivity contribution is 0.0946. The minimum atomic E-state index is -0.756. The number of benzene rings is 2. The molecular weight excluding hydrogens is 326 g/mol. The third-order valence-electron chi connectivity index (χ3n) is 3.41. The predicted octanol–water partition coefficient (Wildman–Crippen LogP) is 3.43. The molecule has 0 aliphatic heterocycles. The Morgan fingerprint density at radius 2 is 1.68 bits per heavy atom. The fourth-order valence-electron chi connectivity index (χ4n) is 2.16. The van der Waals surface area contributed by atoms with Crippen LogP contribution in [-0.2, 0) is 6.54 Å². The molecule has 0 saturated heterocycles. The molecule has 126 valence electrons. The van der Waals surface area contributed by atoms with Gasteiger partial charge in [-0.2, -0.15) is 0 Å². The van der Waals surface area contributed by atoms with Crippen LogP contribution in [0.1, 0.15) is 16.1 Å². The van der Waals surface area contributed by atoms with Crippen molar-refractivity contribution in [1.82, 2.24) is 15.3 Å². The maximum atomic E-state index is 13.7. The Labute approximate surface area is 142 Å². The Morgan fingerprint density at radius 3 is 2.40 bits per heavy atom. The largest absolute Gasteiger partial charge is 0.347 e. The molecule has 2 aromatic carbocycles. The minimum Gasteiger partial charge on any atom is -0.347 e. The third kappa shape index (κ3) is 4.14. The molecule has 0 aliphatic rings. The van der Waals surface area contributed by atoms with Gasteiger partial charge in [-0.1, -0.05) is 36.4 Å². The number of halogens is 2. The molecular formula is C18H14F2N4O. The lowest BCUT2D eigenvalue weighted by Gasteiger charge is -2.09. The van der Waals surface area contributed by atoms with E-state index in [1.807, 2.05) is 30.3 Å². The van der Waals surface area contributed by atoms with E-state index >= 15 is 0 Å². The summed E-state index contributed by atoms with van der Waals surface area (Å²) in [4.78, 5) is 19.9. The summed E-state index contributed by atoms with van der Waals surface area (Å²) in [5, 5.41) is 5.25. The first-order valence-corrected chi connectivity index (χ1v) is 7.48. The average molecular weight is 340 g/mol. The molecule has 0 aliphatic carbocycles. The first-order valence-electron chi connectivity index (χ1n) is 7.48. The van der Waals surface area contributed by atoms with Crippen molar-refractivity contribution in [2.45, 2.75) is 6.54 Å². The van der Waals surface area contributed by atoms with Crippen molar-refractivity contribution >= 4 is 17.4 Å². The molecule has 0 saturated carbocycles. The molecule has 2 N–H and O–H groups in total. The van der Waals surface area contributed by atoms with Crippen LogP contribution in [0, 0.1) is 11.6 Å². The Kier molecular flexibility index (Phi) is 4.94. The van der Waals surface area contributed by atoms with Gasteiger partial charge in [-0.15, -0.1) is 0 Å². The van der Waals surface area contributed by atoms with Crippen molar-refractivity contribution in [1.29, 1.82) is 0 Å². The summed E-state index contributed by atoms with van der Waals surface area (Å²) >= 11 is 0. The van der Waals surface area contributed by atoms with Gasteiger partial charge in [0, 0.05) is 12.6 Å². The number of amides is 1. The zero-order valence-corrected chi connectivity index (χ0v) is 13.0. The first kappa shape index (κ1) is 16.5. The van der Waals surface area contributed by atoms with E-state index in [-0.39, 0.29) is 17.2 Å². The SMILES string of the molecule is O=C(NCc1ccccc1)c1cc(Nc2c(F)cccc2F)ncn1. The van der Waals surface area contributed by atoms with Crippen LogP contribution in [0.25, 0.3) is 0 Å². The van der Waals surface area contributed by atoms with Crippen LogP contribution in [0.15, 0.2) is 60.9 Å². The van der Waals surface area contributed by atoms with Crippen LogP contribution in [0.4, 0.5) is 20.3 Å². The van der Waals surface area contributed by atoms with Gasteiger partial charge in [-0.3, -0.25) is 4.79 Å².